The van der Waals surface area contributed by atoms with Gasteiger partial charge in [-0.2, -0.15) is 0 Å². The third kappa shape index (κ3) is 5.98. The van der Waals surface area contributed by atoms with Crippen molar-refractivity contribution >= 4 is 28.4 Å². The summed E-state index contributed by atoms with van der Waals surface area (Å²) in [5.74, 6) is -0.782. The minimum Gasteiger partial charge on any atom is -0.481 e. The number of benzene rings is 2. The third-order valence-corrected chi connectivity index (χ3v) is 6.25. The van der Waals surface area contributed by atoms with Crippen LogP contribution in [0.5, 0.6) is 5.88 Å². The first-order valence-corrected chi connectivity index (χ1v) is 11.7. The van der Waals surface area contributed by atoms with Crippen molar-refractivity contribution in [3.63, 3.8) is 0 Å². The van der Waals surface area contributed by atoms with Gasteiger partial charge in [0.15, 0.2) is 5.78 Å². The normalized spacial score (nSPS) is 17.8. The lowest BCUT2D eigenvalue weighted by atomic mass is 9.87. The van der Waals surface area contributed by atoms with Gasteiger partial charge in [0.05, 0.1) is 5.92 Å². The number of carboxylic acid groups (broad SMARTS) is 1. The fourth-order valence-corrected chi connectivity index (χ4v) is 4.24. The molecule has 1 aliphatic carbocycles. The number of Topliss-reactive ketones (excluding diaryl/α,β-unsaturated/α-hetero) is 1. The van der Waals surface area contributed by atoms with Gasteiger partial charge < -0.3 is 15.2 Å². The number of carbonyl (C=O) groups excluding carboxylic acids is 2. The fourth-order valence-electron chi connectivity index (χ4n) is 4.24. The van der Waals surface area contributed by atoms with Gasteiger partial charge in [-0.05, 0) is 61.1 Å². The van der Waals surface area contributed by atoms with Crippen molar-refractivity contribution in [1.82, 2.24) is 10.3 Å². The average molecular weight is 461 g/mol. The topological polar surface area (TPSA) is 106 Å². The van der Waals surface area contributed by atoms with E-state index >= 15 is 0 Å². The zero-order valence-corrected chi connectivity index (χ0v) is 18.9. The molecular weight excluding hydrogens is 432 g/mol. The number of rotatable bonds is 9. The largest absolute Gasteiger partial charge is 0.481 e. The molecule has 7 heteroatoms. The van der Waals surface area contributed by atoms with E-state index in [2.05, 4.69) is 10.3 Å². The molecule has 0 unspecified atom stereocenters. The number of hydrogen-bond acceptors (Lipinski definition) is 5. The quantitative estimate of drug-likeness (QED) is 0.356. The number of pyridine rings is 1. The number of ether oxygens (including phenoxy) is 1. The van der Waals surface area contributed by atoms with Crippen LogP contribution in [0.15, 0.2) is 60.8 Å². The predicted molar refractivity (Wildman–Crippen MR) is 128 cm³/mol. The molecular formula is C27H28N2O5. The van der Waals surface area contributed by atoms with Gasteiger partial charge in [-0.25, -0.2) is 4.98 Å². The molecule has 0 aliphatic heterocycles. The van der Waals surface area contributed by atoms with Gasteiger partial charge >= 0.3 is 5.97 Å². The zero-order chi connectivity index (χ0) is 23.9. The molecule has 34 heavy (non-hydrogen) atoms. The van der Waals surface area contributed by atoms with Crippen LogP contribution in [0.3, 0.4) is 0 Å². The molecule has 7 nitrogen and oxygen atoms in total. The van der Waals surface area contributed by atoms with Crippen LogP contribution in [0.25, 0.3) is 10.8 Å². The van der Waals surface area contributed by atoms with E-state index in [1.54, 1.807) is 18.2 Å². The van der Waals surface area contributed by atoms with Crippen molar-refractivity contribution in [1.29, 1.82) is 0 Å². The molecule has 1 heterocycles. The van der Waals surface area contributed by atoms with Gasteiger partial charge in [0.2, 0.25) is 5.88 Å². The van der Waals surface area contributed by atoms with Gasteiger partial charge in [-0.3, -0.25) is 14.4 Å². The maximum absolute atomic E-state index is 12.5. The molecule has 2 aromatic carbocycles. The summed E-state index contributed by atoms with van der Waals surface area (Å²) >= 11 is 0. The van der Waals surface area contributed by atoms with Crippen LogP contribution in [0.1, 0.15) is 59.2 Å². The zero-order valence-electron chi connectivity index (χ0n) is 18.9. The van der Waals surface area contributed by atoms with Crippen LogP contribution in [-0.2, 0) is 4.79 Å². The Balaban J connectivity index is 1.19. The second kappa shape index (κ2) is 10.9. The van der Waals surface area contributed by atoms with Crippen LogP contribution in [0.2, 0.25) is 0 Å². The molecule has 1 aromatic heterocycles. The molecule has 1 aliphatic rings. The van der Waals surface area contributed by atoms with Crippen molar-refractivity contribution in [2.24, 2.45) is 5.92 Å². The van der Waals surface area contributed by atoms with E-state index in [4.69, 9.17) is 9.84 Å². The standard InChI is InChI=1S/C27H28N2O5/c30-24(6-3-15-28-26(31)21-8-7-18-4-1-2-5-20(18)16-21)22-11-14-25(29-17-22)34-23-12-9-19(10-13-23)27(32)33/h1-2,4-5,7-8,11,14,16-17,19,23H,3,6,9-10,12-13,15H2,(H,28,31)(H,32,33). The summed E-state index contributed by atoms with van der Waals surface area (Å²) in [4.78, 5) is 40.2. The maximum Gasteiger partial charge on any atom is 0.306 e. The molecule has 2 N–H and O–H groups in total. The lowest BCUT2D eigenvalue weighted by molar-refractivity contribution is -0.143. The Morgan fingerprint density at radius 3 is 2.38 bits per heavy atom. The molecule has 1 saturated carbocycles. The van der Waals surface area contributed by atoms with Crippen molar-refractivity contribution < 1.29 is 24.2 Å². The van der Waals surface area contributed by atoms with Crippen molar-refractivity contribution in [2.45, 2.75) is 44.6 Å². The number of aliphatic carboxylic acids is 1. The molecule has 0 bridgehead atoms. The second-order valence-electron chi connectivity index (χ2n) is 8.66. The Kier molecular flexibility index (Phi) is 7.52. The minimum atomic E-state index is -0.743. The maximum atomic E-state index is 12.5. The first-order valence-electron chi connectivity index (χ1n) is 11.7. The summed E-state index contributed by atoms with van der Waals surface area (Å²) < 4.78 is 5.85. The Bertz CT molecular complexity index is 1170. The summed E-state index contributed by atoms with van der Waals surface area (Å²) in [6, 6.07) is 16.8. The van der Waals surface area contributed by atoms with E-state index in [0.717, 1.165) is 10.8 Å². The van der Waals surface area contributed by atoms with E-state index in [-0.39, 0.29) is 23.7 Å². The number of ketones is 1. The molecule has 1 fully saturated rings. The smallest absolute Gasteiger partial charge is 0.306 e. The van der Waals surface area contributed by atoms with Crippen LogP contribution in [0.4, 0.5) is 0 Å². The van der Waals surface area contributed by atoms with Crippen LogP contribution < -0.4 is 10.1 Å². The summed E-state index contributed by atoms with van der Waals surface area (Å²) in [7, 11) is 0. The van der Waals surface area contributed by atoms with Crippen molar-refractivity contribution in [2.75, 3.05) is 6.54 Å². The lowest BCUT2D eigenvalue weighted by Crippen LogP contribution is -2.28. The number of nitrogens with zero attached hydrogens (tertiary/aromatic N) is 1. The van der Waals surface area contributed by atoms with E-state index < -0.39 is 5.97 Å². The molecule has 4 rings (SSSR count). The van der Waals surface area contributed by atoms with Crippen molar-refractivity contribution in [3.8, 4) is 5.88 Å². The monoisotopic (exact) mass is 460 g/mol. The van der Waals surface area contributed by atoms with E-state index in [9.17, 15) is 14.4 Å². The van der Waals surface area contributed by atoms with Crippen LogP contribution >= 0.6 is 0 Å². The molecule has 0 radical (unpaired) electrons. The highest BCUT2D eigenvalue weighted by molar-refractivity contribution is 5.98. The Morgan fingerprint density at radius 1 is 0.941 bits per heavy atom. The summed E-state index contributed by atoms with van der Waals surface area (Å²) in [6.45, 7) is 0.408. The fraction of sp³-hybridized carbons (Fsp3) is 0.333. The summed E-state index contributed by atoms with van der Waals surface area (Å²) in [6.07, 6.45) is 4.88. The predicted octanol–water partition coefficient (Wildman–Crippen LogP) is 4.65. The number of aromatic nitrogens is 1. The molecule has 0 saturated heterocycles. The Morgan fingerprint density at radius 2 is 1.68 bits per heavy atom. The highest BCUT2D eigenvalue weighted by atomic mass is 16.5. The third-order valence-electron chi connectivity index (χ3n) is 6.25. The van der Waals surface area contributed by atoms with Gasteiger partial charge in [0.25, 0.3) is 5.91 Å². The van der Waals surface area contributed by atoms with E-state index in [1.165, 1.54) is 6.20 Å². The number of nitrogens with one attached hydrogen (secondary N) is 1. The number of carbonyl (C=O) groups is 3. The van der Waals surface area contributed by atoms with Gasteiger partial charge in [-0.15, -0.1) is 0 Å². The molecule has 176 valence electrons. The average Bonchev–Trinajstić information content (AvgIpc) is 2.87. The lowest BCUT2D eigenvalue weighted by Gasteiger charge is -2.26. The summed E-state index contributed by atoms with van der Waals surface area (Å²) in [5.41, 5.74) is 1.10. The molecule has 0 spiro atoms. The molecule has 1 amide bonds. The van der Waals surface area contributed by atoms with Crippen LogP contribution in [0, 0.1) is 5.92 Å². The minimum absolute atomic E-state index is 0.0408. The Hall–Kier alpha value is -3.74. The molecule has 3 aromatic rings. The Labute approximate surface area is 198 Å². The number of amides is 1. The highest BCUT2D eigenvalue weighted by Crippen LogP contribution is 2.27. The summed E-state index contributed by atoms with van der Waals surface area (Å²) in [5, 5.41) is 14.0. The number of carboxylic acids is 1. The highest BCUT2D eigenvalue weighted by Gasteiger charge is 2.27. The first-order chi connectivity index (χ1) is 16.5. The van der Waals surface area contributed by atoms with Crippen LogP contribution in [-0.4, -0.2) is 40.4 Å². The first kappa shape index (κ1) is 23.4. The number of fused-ring (bicyclic) bond motifs is 1. The van der Waals surface area contributed by atoms with Gasteiger partial charge in [0, 0.05) is 36.4 Å². The number of hydrogen-bond donors (Lipinski definition) is 2. The van der Waals surface area contributed by atoms with E-state index in [0.29, 0.717) is 62.1 Å². The van der Waals surface area contributed by atoms with Gasteiger partial charge in [0.1, 0.15) is 6.10 Å². The van der Waals surface area contributed by atoms with Crippen molar-refractivity contribution in [3.05, 3.63) is 71.9 Å². The van der Waals surface area contributed by atoms with Gasteiger partial charge in [-0.1, -0.05) is 30.3 Å². The van der Waals surface area contributed by atoms with E-state index in [1.807, 2.05) is 36.4 Å². The second-order valence-corrected chi connectivity index (χ2v) is 8.66. The molecule has 0 atom stereocenters. The SMILES string of the molecule is O=C(CCCNC(=O)c1ccc2ccccc2c1)c1ccc(OC2CCC(C(=O)O)CC2)nc1.